The van der Waals surface area contributed by atoms with Gasteiger partial charge in [-0.2, -0.15) is 0 Å². The van der Waals surface area contributed by atoms with Crippen LogP contribution in [0.25, 0.3) is 0 Å². The van der Waals surface area contributed by atoms with E-state index < -0.39 is 0 Å². The Bertz CT molecular complexity index is 782. The summed E-state index contributed by atoms with van der Waals surface area (Å²) in [6.07, 6.45) is 7.46. The highest BCUT2D eigenvalue weighted by atomic mass is 35.5. The summed E-state index contributed by atoms with van der Waals surface area (Å²) in [6, 6.07) is 4.30. The standard InChI is InChI=1S/C19H27ClN6/c1-23-18-19(6-4-7-19)12-9-13(20)17(10-15(12)24-18)26(22)11-14(21)16-5-3-8-25(16)2/h9-11,16H,3-8,21-22H2,1-2H3,(H,23,24)/b14-11-. The lowest BCUT2D eigenvalue weighted by atomic mass is 9.65. The second kappa shape index (κ2) is 6.44. The smallest absolute Gasteiger partial charge is 0.111 e. The van der Waals surface area contributed by atoms with E-state index >= 15 is 0 Å². The highest BCUT2D eigenvalue weighted by Gasteiger charge is 2.49. The average molecular weight is 375 g/mol. The molecule has 26 heavy (non-hydrogen) atoms. The van der Waals surface area contributed by atoms with E-state index in [0.717, 1.165) is 55.1 Å². The molecule has 140 valence electrons. The van der Waals surface area contributed by atoms with Gasteiger partial charge in [0.05, 0.1) is 22.2 Å². The Morgan fingerprint density at radius 3 is 2.77 bits per heavy atom. The number of aliphatic imine (C=N–C) groups is 1. The molecule has 3 aliphatic rings. The molecule has 6 nitrogen and oxygen atoms in total. The third-order valence-electron chi connectivity index (χ3n) is 6.21. The molecule has 0 amide bonds. The molecule has 0 aromatic heterocycles. The number of nitrogens with one attached hydrogen (secondary N) is 1. The number of hydrogen-bond donors (Lipinski definition) is 3. The minimum absolute atomic E-state index is 0.0209. The number of fused-ring (bicyclic) bond motifs is 2. The lowest BCUT2D eigenvalue weighted by Gasteiger charge is -2.38. The molecule has 1 aromatic rings. The predicted octanol–water partition coefficient (Wildman–Crippen LogP) is 2.79. The summed E-state index contributed by atoms with van der Waals surface area (Å²) in [6.45, 7) is 1.06. The monoisotopic (exact) mass is 374 g/mol. The van der Waals surface area contributed by atoms with Gasteiger partial charge >= 0.3 is 0 Å². The van der Waals surface area contributed by atoms with E-state index in [1.54, 1.807) is 11.2 Å². The molecule has 1 atom stereocenters. The quantitative estimate of drug-likeness (QED) is 0.559. The second-order valence-corrected chi connectivity index (χ2v) is 8.06. The summed E-state index contributed by atoms with van der Waals surface area (Å²) >= 11 is 6.60. The number of anilines is 2. The Hall–Kier alpha value is -1.76. The number of hydrogen-bond acceptors (Lipinski definition) is 5. The molecule has 2 heterocycles. The zero-order valence-corrected chi connectivity index (χ0v) is 16.2. The van der Waals surface area contributed by atoms with Crippen LogP contribution in [0.4, 0.5) is 11.4 Å². The van der Waals surface area contributed by atoms with Gasteiger partial charge in [-0.1, -0.05) is 18.0 Å². The molecule has 2 fully saturated rings. The van der Waals surface area contributed by atoms with E-state index in [1.165, 1.54) is 12.0 Å². The second-order valence-electron chi connectivity index (χ2n) is 7.66. The SMILES string of the molecule is CN=C1Nc2cc(N(N)/C=C(\N)C3CCCN3C)c(Cl)cc2C12CCC2. The molecule has 0 radical (unpaired) electrons. The number of halogens is 1. The van der Waals surface area contributed by atoms with Crippen LogP contribution < -0.4 is 21.9 Å². The number of likely N-dealkylation sites (tertiary alicyclic amines) is 1. The van der Waals surface area contributed by atoms with Gasteiger partial charge in [0, 0.05) is 24.6 Å². The fraction of sp³-hybridized carbons (Fsp3) is 0.526. The van der Waals surface area contributed by atoms with Gasteiger partial charge in [0.2, 0.25) is 0 Å². The fourth-order valence-electron chi connectivity index (χ4n) is 4.59. The summed E-state index contributed by atoms with van der Waals surface area (Å²) in [4.78, 5) is 6.73. The van der Waals surface area contributed by atoms with Crippen molar-refractivity contribution >= 4 is 28.8 Å². The first kappa shape index (κ1) is 17.6. The van der Waals surface area contributed by atoms with Crippen molar-refractivity contribution in [1.29, 1.82) is 0 Å². The number of nitrogens with two attached hydrogens (primary N) is 2. The van der Waals surface area contributed by atoms with Crippen molar-refractivity contribution in [2.45, 2.75) is 43.6 Å². The van der Waals surface area contributed by atoms with Crippen LogP contribution in [-0.4, -0.2) is 37.4 Å². The third kappa shape index (κ3) is 2.59. The molecule has 0 bridgehead atoms. The first-order valence-electron chi connectivity index (χ1n) is 9.26. The van der Waals surface area contributed by atoms with Gasteiger partial charge < -0.3 is 11.1 Å². The first-order valence-corrected chi connectivity index (χ1v) is 9.64. The van der Waals surface area contributed by atoms with Crippen LogP contribution in [0.1, 0.15) is 37.7 Å². The number of nitrogens with zero attached hydrogens (tertiary/aromatic N) is 3. The number of likely N-dealkylation sites (N-methyl/N-ethyl adjacent to an activating group) is 1. The van der Waals surface area contributed by atoms with E-state index in [4.69, 9.17) is 23.2 Å². The first-order chi connectivity index (χ1) is 12.5. The summed E-state index contributed by atoms with van der Waals surface area (Å²) in [5, 5.41) is 5.65. The molecule has 1 saturated heterocycles. The molecular weight excluding hydrogens is 348 g/mol. The Balaban J connectivity index is 1.65. The van der Waals surface area contributed by atoms with Gasteiger partial charge in [-0.15, -0.1) is 0 Å². The minimum Gasteiger partial charge on any atom is -0.400 e. The maximum Gasteiger partial charge on any atom is 0.111 e. The summed E-state index contributed by atoms with van der Waals surface area (Å²) in [7, 11) is 3.93. The van der Waals surface area contributed by atoms with Crippen molar-refractivity contribution in [3.63, 3.8) is 0 Å². The Morgan fingerprint density at radius 1 is 1.42 bits per heavy atom. The molecule has 1 aliphatic carbocycles. The van der Waals surface area contributed by atoms with Gasteiger partial charge in [-0.25, -0.2) is 5.84 Å². The Labute approximate surface area is 159 Å². The zero-order chi connectivity index (χ0) is 18.5. The molecule has 1 spiro atoms. The number of amidine groups is 1. The van der Waals surface area contributed by atoms with Crippen LogP contribution in [0.15, 0.2) is 29.0 Å². The highest BCUT2D eigenvalue weighted by molar-refractivity contribution is 6.34. The largest absolute Gasteiger partial charge is 0.400 e. The van der Waals surface area contributed by atoms with Crippen LogP contribution in [0.2, 0.25) is 5.02 Å². The van der Waals surface area contributed by atoms with Gasteiger partial charge in [-0.3, -0.25) is 14.9 Å². The van der Waals surface area contributed by atoms with Crippen LogP contribution >= 0.6 is 11.6 Å². The molecular formula is C19H27ClN6. The lowest BCUT2D eigenvalue weighted by Crippen LogP contribution is -2.41. The molecule has 2 aliphatic heterocycles. The van der Waals surface area contributed by atoms with Gasteiger partial charge in [0.15, 0.2) is 0 Å². The molecule has 1 unspecified atom stereocenters. The molecule has 4 rings (SSSR count). The minimum atomic E-state index is 0.0209. The van der Waals surface area contributed by atoms with Crippen molar-refractivity contribution in [2.75, 3.05) is 31.0 Å². The fourth-order valence-corrected chi connectivity index (χ4v) is 4.85. The van der Waals surface area contributed by atoms with Crippen molar-refractivity contribution in [3.05, 3.63) is 34.6 Å². The van der Waals surface area contributed by atoms with Gasteiger partial charge in [0.1, 0.15) is 5.84 Å². The summed E-state index contributed by atoms with van der Waals surface area (Å²) < 4.78 is 0. The lowest BCUT2D eigenvalue weighted by molar-refractivity contribution is 0.342. The topological polar surface area (TPSA) is 82.9 Å². The Kier molecular flexibility index (Phi) is 4.37. The number of benzene rings is 1. The van der Waals surface area contributed by atoms with E-state index in [9.17, 15) is 0 Å². The number of rotatable bonds is 3. The molecule has 1 aromatic carbocycles. The van der Waals surface area contributed by atoms with Gasteiger partial charge in [-0.05, 0) is 57.0 Å². The molecule has 7 heteroatoms. The van der Waals surface area contributed by atoms with Gasteiger partial charge in [0.25, 0.3) is 0 Å². The van der Waals surface area contributed by atoms with Crippen molar-refractivity contribution in [1.82, 2.24) is 4.90 Å². The summed E-state index contributed by atoms with van der Waals surface area (Å²) in [5.74, 6) is 7.34. The maximum absolute atomic E-state index is 6.60. The van der Waals surface area contributed by atoms with E-state index in [0.29, 0.717) is 5.02 Å². The zero-order valence-electron chi connectivity index (χ0n) is 15.4. The molecule has 1 saturated carbocycles. The summed E-state index contributed by atoms with van der Waals surface area (Å²) in [5.41, 5.74) is 10.1. The van der Waals surface area contributed by atoms with Crippen LogP contribution in [-0.2, 0) is 5.41 Å². The predicted molar refractivity (Wildman–Crippen MR) is 109 cm³/mol. The van der Waals surface area contributed by atoms with E-state index in [-0.39, 0.29) is 11.5 Å². The van der Waals surface area contributed by atoms with E-state index in [1.807, 2.05) is 19.2 Å². The van der Waals surface area contributed by atoms with E-state index in [2.05, 4.69) is 22.3 Å². The van der Waals surface area contributed by atoms with Crippen LogP contribution in [0.5, 0.6) is 0 Å². The number of hydrazine groups is 1. The van der Waals surface area contributed by atoms with Crippen LogP contribution in [0, 0.1) is 0 Å². The van der Waals surface area contributed by atoms with Crippen LogP contribution in [0.3, 0.4) is 0 Å². The maximum atomic E-state index is 6.60. The normalized spacial score (nSPS) is 26.1. The third-order valence-corrected chi connectivity index (χ3v) is 6.51. The van der Waals surface area contributed by atoms with Crippen molar-refractivity contribution in [3.8, 4) is 0 Å². The molecule has 5 N–H and O–H groups in total. The van der Waals surface area contributed by atoms with Crippen molar-refractivity contribution in [2.24, 2.45) is 16.6 Å². The highest BCUT2D eigenvalue weighted by Crippen LogP contribution is 2.53. The Morgan fingerprint density at radius 2 is 2.19 bits per heavy atom. The van der Waals surface area contributed by atoms with Crippen molar-refractivity contribution < 1.29 is 0 Å². The average Bonchev–Trinajstić information content (AvgIpc) is 3.13.